The zero-order chi connectivity index (χ0) is 23.5. The number of hydrogen-bond donors (Lipinski definition) is 0. The van der Waals surface area contributed by atoms with Crippen molar-refractivity contribution in [3.63, 3.8) is 0 Å². The number of carbonyl (C=O) groups excluding carboxylic acids is 2. The molecule has 33 heavy (non-hydrogen) atoms. The lowest BCUT2D eigenvalue weighted by atomic mass is 9.87. The average molecular weight is 450 g/mol. The minimum absolute atomic E-state index is 0.0132. The first kappa shape index (κ1) is 23.4. The summed E-state index contributed by atoms with van der Waals surface area (Å²) in [6.45, 7) is 11.1. The average Bonchev–Trinajstić information content (AvgIpc) is 2.80. The smallest absolute Gasteiger partial charge is 0.272 e. The number of likely N-dealkylation sites (N-methyl/N-ethyl adjacent to an activating group) is 1. The van der Waals surface area contributed by atoms with Crippen molar-refractivity contribution < 1.29 is 9.59 Å². The third kappa shape index (κ3) is 5.41. The first-order valence-electron chi connectivity index (χ1n) is 12.0. The van der Waals surface area contributed by atoms with E-state index in [1.165, 1.54) is 0 Å². The quantitative estimate of drug-likeness (QED) is 0.677. The van der Waals surface area contributed by atoms with Crippen LogP contribution in [0.2, 0.25) is 0 Å². The van der Waals surface area contributed by atoms with Gasteiger partial charge in [-0.05, 0) is 55.5 Å². The Morgan fingerprint density at radius 3 is 2.00 bits per heavy atom. The van der Waals surface area contributed by atoms with Crippen LogP contribution in [0.3, 0.4) is 0 Å². The zero-order valence-electron chi connectivity index (χ0n) is 20.2. The van der Waals surface area contributed by atoms with Gasteiger partial charge in [-0.15, -0.1) is 0 Å². The van der Waals surface area contributed by atoms with Gasteiger partial charge in [0.25, 0.3) is 11.8 Å². The van der Waals surface area contributed by atoms with E-state index >= 15 is 0 Å². The normalized spacial score (nSPS) is 18.3. The van der Waals surface area contributed by atoms with Crippen molar-refractivity contribution in [2.24, 2.45) is 5.92 Å². The Hall–Kier alpha value is -2.80. The van der Waals surface area contributed by atoms with Gasteiger partial charge in [0.1, 0.15) is 11.4 Å². The largest absolute Gasteiger partial charge is 0.337 e. The van der Waals surface area contributed by atoms with Crippen LogP contribution in [0.5, 0.6) is 0 Å². The fourth-order valence-electron chi connectivity index (χ4n) is 4.58. The van der Waals surface area contributed by atoms with Gasteiger partial charge >= 0.3 is 0 Å². The number of piperazine rings is 1. The molecule has 0 aromatic carbocycles. The van der Waals surface area contributed by atoms with Crippen molar-refractivity contribution >= 4 is 11.8 Å². The molecule has 0 radical (unpaired) electrons. The van der Waals surface area contributed by atoms with Crippen molar-refractivity contribution in [1.29, 1.82) is 0 Å². The molecule has 0 N–H and O–H groups in total. The highest BCUT2D eigenvalue weighted by Crippen LogP contribution is 2.29. The molecule has 2 aromatic rings. The summed E-state index contributed by atoms with van der Waals surface area (Å²) < 4.78 is 0. The SMILES string of the molecule is CC(C)c1cccc(C(=O)N2CC(CC(C)c3cccc(C(=O)N4CCN(C)CC4)n3)C2)n1. The molecule has 2 aliphatic rings. The van der Waals surface area contributed by atoms with Gasteiger partial charge in [-0.1, -0.05) is 32.9 Å². The highest BCUT2D eigenvalue weighted by molar-refractivity contribution is 5.93. The lowest BCUT2D eigenvalue weighted by molar-refractivity contribution is 0.0467. The number of hydrogen-bond acceptors (Lipinski definition) is 5. The van der Waals surface area contributed by atoms with E-state index in [2.05, 4.69) is 37.7 Å². The van der Waals surface area contributed by atoms with E-state index in [9.17, 15) is 9.59 Å². The predicted molar refractivity (Wildman–Crippen MR) is 128 cm³/mol. The summed E-state index contributed by atoms with van der Waals surface area (Å²) in [4.78, 5) is 40.9. The Morgan fingerprint density at radius 2 is 1.39 bits per heavy atom. The van der Waals surface area contributed by atoms with Crippen LogP contribution in [0.1, 0.15) is 71.4 Å². The van der Waals surface area contributed by atoms with Crippen molar-refractivity contribution in [1.82, 2.24) is 24.7 Å². The summed E-state index contributed by atoms with van der Waals surface area (Å²) in [7, 11) is 2.08. The number of carbonyl (C=O) groups is 2. The molecule has 176 valence electrons. The maximum atomic E-state index is 12.9. The van der Waals surface area contributed by atoms with E-state index in [1.54, 1.807) is 6.07 Å². The lowest BCUT2D eigenvalue weighted by Crippen LogP contribution is -2.50. The summed E-state index contributed by atoms with van der Waals surface area (Å²) in [5.74, 6) is 1.01. The molecule has 1 unspecified atom stereocenters. The van der Waals surface area contributed by atoms with Gasteiger partial charge in [0.2, 0.25) is 0 Å². The number of amides is 2. The number of aromatic nitrogens is 2. The fourth-order valence-corrected chi connectivity index (χ4v) is 4.58. The number of nitrogens with zero attached hydrogens (tertiary/aromatic N) is 5. The molecule has 7 nitrogen and oxygen atoms in total. The Morgan fingerprint density at radius 1 is 0.848 bits per heavy atom. The zero-order valence-corrected chi connectivity index (χ0v) is 20.2. The molecular weight excluding hydrogens is 414 g/mol. The second kappa shape index (κ2) is 10.00. The van der Waals surface area contributed by atoms with Crippen LogP contribution < -0.4 is 0 Å². The number of pyridine rings is 2. The van der Waals surface area contributed by atoms with Gasteiger partial charge in [0, 0.05) is 50.7 Å². The third-order valence-electron chi connectivity index (χ3n) is 6.80. The maximum Gasteiger partial charge on any atom is 0.272 e. The number of likely N-dealkylation sites (tertiary alicyclic amines) is 1. The first-order chi connectivity index (χ1) is 15.8. The summed E-state index contributed by atoms with van der Waals surface area (Å²) in [5, 5.41) is 0. The highest BCUT2D eigenvalue weighted by Gasteiger charge is 2.33. The van der Waals surface area contributed by atoms with Gasteiger partial charge in [-0.2, -0.15) is 0 Å². The van der Waals surface area contributed by atoms with E-state index in [0.29, 0.717) is 23.2 Å². The molecule has 0 aliphatic carbocycles. The Balaban J connectivity index is 1.31. The van der Waals surface area contributed by atoms with Gasteiger partial charge in [0.05, 0.1) is 0 Å². The monoisotopic (exact) mass is 449 g/mol. The van der Waals surface area contributed by atoms with Gasteiger partial charge in [-0.25, -0.2) is 9.97 Å². The molecule has 4 heterocycles. The molecule has 0 saturated carbocycles. The van der Waals surface area contributed by atoms with Crippen LogP contribution in [0, 0.1) is 5.92 Å². The minimum Gasteiger partial charge on any atom is -0.337 e. The van der Waals surface area contributed by atoms with Crippen LogP contribution in [0.4, 0.5) is 0 Å². The van der Waals surface area contributed by atoms with E-state index < -0.39 is 0 Å². The van der Waals surface area contributed by atoms with Crippen LogP contribution >= 0.6 is 0 Å². The van der Waals surface area contributed by atoms with Gasteiger partial charge in [-0.3, -0.25) is 9.59 Å². The molecule has 2 amide bonds. The molecule has 1 atom stereocenters. The van der Waals surface area contributed by atoms with Crippen LogP contribution in [0.25, 0.3) is 0 Å². The molecule has 2 saturated heterocycles. The first-order valence-corrected chi connectivity index (χ1v) is 12.0. The predicted octanol–water partition coefficient (Wildman–Crippen LogP) is 3.25. The van der Waals surface area contributed by atoms with Crippen LogP contribution in [0.15, 0.2) is 36.4 Å². The van der Waals surface area contributed by atoms with Crippen LogP contribution in [-0.2, 0) is 0 Å². The lowest BCUT2D eigenvalue weighted by Gasteiger charge is -2.40. The van der Waals surface area contributed by atoms with E-state index in [1.807, 2.05) is 40.1 Å². The van der Waals surface area contributed by atoms with Gasteiger partial charge in [0.15, 0.2) is 0 Å². The molecule has 2 aromatic heterocycles. The maximum absolute atomic E-state index is 12.9. The number of rotatable bonds is 6. The second-order valence-electron chi connectivity index (χ2n) is 9.86. The van der Waals surface area contributed by atoms with E-state index in [4.69, 9.17) is 4.98 Å². The molecule has 2 fully saturated rings. The molecule has 2 aliphatic heterocycles. The summed E-state index contributed by atoms with van der Waals surface area (Å²) in [5.41, 5.74) is 2.96. The van der Waals surface area contributed by atoms with Crippen molar-refractivity contribution in [3.05, 3.63) is 59.2 Å². The van der Waals surface area contributed by atoms with Crippen molar-refractivity contribution in [2.75, 3.05) is 46.3 Å². The molecule has 0 spiro atoms. The standard InChI is InChI=1S/C26H35N5O2/c1-18(2)21-7-5-9-24(27-21)26(33)31-16-20(17-31)15-19(3)22-8-6-10-23(28-22)25(32)30-13-11-29(4)12-14-30/h5-10,18-20H,11-17H2,1-4H3. The van der Waals surface area contributed by atoms with E-state index in [0.717, 1.165) is 57.1 Å². The molecule has 7 heteroatoms. The highest BCUT2D eigenvalue weighted by atomic mass is 16.2. The minimum atomic E-state index is 0.0132. The fraction of sp³-hybridized carbons (Fsp3) is 0.538. The Bertz CT molecular complexity index is 994. The van der Waals surface area contributed by atoms with Crippen LogP contribution in [-0.4, -0.2) is 82.8 Å². The molecule has 0 bridgehead atoms. The Kier molecular flexibility index (Phi) is 7.08. The van der Waals surface area contributed by atoms with E-state index in [-0.39, 0.29) is 17.7 Å². The Labute approximate surface area is 196 Å². The molecule has 4 rings (SSSR count). The second-order valence-corrected chi connectivity index (χ2v) is 9.86. The molecular formula is C26H35N5O2. The van der Waals surface area contributed by atoms with Gasteiger partial charge < -0.3 is 14.7 Å². The summed E-state index contributed by atoms with van der Waals surface area (Å²) in [6, 6.07) is 11.4. The third-order valence-corrected chi connectivity index (χ3v) is 6.80. The topological polar surface area (TPSA) is 69.6 Å². The summed E-state index contributed by atoms with van der Waals surface area (Å²) >= 11 is 0. The van der Waals surface area contributed by atoms with Crippen molar-refractivity contribution in [3.8, 4) is 0 Å². The van der Waals surface area contributed by atoms with Crippen molar-refractivity contribution in [2.45, 2.75) is 39.0 Å². The summed E-state index contributed by atoms with van der Waals surface area (Å²) in [6.07, 6.45) is 0.947.